The highest BCUT2D eigenvalue weighted by atomic mass is 35.5. The lowest BCUT2D eigenvalue weighted by atomic mass is 10.2. The molecule has 240 valence electrons. The topological polar surface area (TPSA) is 153 Å². The van der Waals surface area contributed by atoms with E-state index in [1.54, 1.807) is 43.5 Å². The summed E-state index contributed by atoms with van der Waals surface area (Å²) >= 11 is 6.21. The molecular formula is C32H34ClN7O6. The molecule has 0 aliphatic carbocycles. The lowest BCUT2D eigenvalue weighted by molar-refractivity contribution is 0.101. The number of halogens is 1. The lowest BCUT2D eigenvalue weighted by Crippen LogP contribution is -2.44. The van der Waals surface area contributed by atoms with Crippen LogP contribution in [-0.2, 0) is 6.54 Å². The van der Waals surface area contributed by atoms with Gasteiger partial charge in [0.05, 0.1) is 31.5 Å². The number of methoxy groups -OCH3 is 2. The number of carbonyl (C=O) groups is 3. The number of rotatable bonds is 10. The molecule has 13 nitrogen and oxygen atoms in total. The Hall–Kier alpha value is -5.27. The molecule has 4 aromatic rings. The number of nitrogens with zero attached hydrogens (tertiary/aromatic N) is 4. The van der Waals surface area contributed by atoms with Gasteiger partial charge in [-0.15, -0.1) is 0 Å². The zero-order valence-electron chi connectivity index (χ0n) is 25.6. The van der Waals surface area contributed by atoms with Crippen molar-refractivity contribution in [1.29, 1.82) is 0 Å². The van der Waals surface area contributed by atoms with E-state index in [1.165, 1.54) is 23.9 Å². The number of primary amides is 1. The number of ether oxygens (including phenoxy) is 3. The molecule has 1 aromatic heterocycles. The van der Waals surface area contributed by atoms with E-state index >= 15 is 0 Å². The van der Waals surface area contributed by atoms with Gasteiger partial charge >= 0.3 is 6.09 Å². The number of benzene rings is 3. The SMILES string of the molecule is COc1ccc(Cn2nc(NC(=O)c3ccc(OC)c(Cl)c3)cc2C(=O)Nc2ccc(N3CCN(C)CC3)cc2OC(N)=O)cc1. The highest BCUT2D eigenvalue weighted by molar-refractivity contribution is 6.32. The molecule has 0 saturated carbocycles. The predicted molar refractivity (Wildman–Crippen MR) is 175 cm³/mol. The van der Waals surface area contributed by atoms with Gasteiger partial charge in [0.25, 0.3) is 11.8 Å². The second-order valence-electron chi connectivity index (χ2n) is 10.6. The fourth-order valence-corrected chi connectivity index (χ4v) is 5.19. The summed E-state index contributed by atoms with van der Waals surface area (Å²) in [6.45, 7) is 3.55. The van der Waals surface area contributed by atoms with E-state index in [4.69, 9.17) is 31.5 Å². The third-order valence-electron chi connectivity index (χ3n) is 7.45. The standard InChI is InChI=1S/C32H34ClN7O6/c1-38-12-14-39(15-13-38)22-7-10-25(28(17-22)46-32(34)43)35-31(42)26-18-29(36-30(41)21-6-11-27(45-3)24(33)16-21)37-40(26)19-20-4-8-23(44-2)9-5-20/h4-11,16-18H,12-15,19H2,1-3H3,(H2,34,43)(H,35,42)(H,36,37,41). The number of nitrogens with two attached hydrogens (primary N) is 1. The van der Waals surface area contributed by atoms with Crippen LogP contribution in [0.4, 0.5) is 22.0 Å². The largest absolute Gasteiger partial charge is 0.497 e. The number of nitrogens with one attached hydrogen (secondary N) is 2. The Morgan fingerprint density at radius 3 is 2.26 bits per heavy atom. The van der Waals surface area contributed by atoms with Crippen molar-refractivity contribution in [3.8, 4) is 17.2 Å². The van der Waals surface area contributed by atoms with Gasteiger partial charge in [-0.1, -0.05) is 23.7 Å². The van der Waals surface area contributed by atoms with E-state index in [9.17, 15) is 14.4 Å². The average molecular weight is 648 g/mol. The molecule has 1 fully saturated rings. The second kappa shape index (κ2) is 14.2. The zero-order chi connectivity index (χ0) is 32.8. The number of carbonyl (C=O) groups excluding carboxylic acids is 3. The van der Waals surface area contributed by atoms with Gasteiger partial charge in [0.1, 0.15) is 17.2 Å². The quantitative estimate of drug-likeness (QED) is 0.228. The molecule has 1 aliphatic rings. The minimum absolute atomic E-state index is 0.100. The number of aromatic nitrogens is 2. The average Bonchev–Trinajstić information content (AvgIpc) is 3.44. The highest BCUT2D eigenvalue weighted by Gasteiger charge is 2.22. The summed E-state index contributed by atoms with van der Waals surface area (Å²) in [6.07, 6.45) is -1.01. The summed E-state index contributed by atoms with van der Waals surface area (Å²) in [6, 6.07) is 18.5. The van der Waals surface area contributed by atoms with Crippen molar-refractivity contribution in [2.45, 2.75) is 6.54 Å². The minimum Gasteiger partial charge on any atom is -0.497 e. The number of piperazine rings is 1. The fourth-order valence-electron chi connectivity index (χ4n) is 4.94. The molecule has 0 bridgehead atoms. The molecule has 3 aromatic carbocycles. The van der Waals surface area contributed by atoms with Gasteiger partial charge in [0.15, 0.2) is 11.6 Å². The van der Waals surface area contributed by atoms with E-state index < -0.39 is 17.9 Å². The number of hydrogen-bond acceptors (Lipinski definition) is 9. The van der Waals surface area contributed by atoms with Crippen LogP contribution < -0.4 is 35.5 Å². The van der Waals surface area contributed by atoms with Gasteiger partial charge in [0, 0.05) is 49.6 Å². The molecule has 2 heterocycles. The summed E-state index contributed by atoms with van der Waals surface area (Å²) in [5.41, 5.74) is 7.66. The molecule has 4 N–H and O–H groups in total. The van der Waals surface area contributed by atoms with Crippen LogP contribution in [0.3, 0.4) is 0 Å². The first kappa shape index (κ1) is 32.1. The Labute approximate surface area is 270 Å². The van der Waals surface area contributed by atoms with E-state index in [-0.39, 0.29) is 40.1 Å². The van der Waals surface area contributed by atoms with Gasteiger partial charge in [-0.05, 0) is 55.1 Å². The van der Waals surface area contributed by atoms with Gasteiger partial charge in [-0.2, -0.15) is 5.10 Å². The highest BCUT2D eigenvalue weighted by Crippen LogP contribution is 2.32. The second-order valence-corrected chi connectivity index (χ2v) is 11.0. The smallest absolute Gasteiger partial charge is 0.410 e. The number of anilines is 3. The van der Waals surface area contributed by atoms with Crippen molar-refractivity contribution in [1.82, 2.24) is 14.7 Å². The van der Waals surface area contributed by atoms with Crippen LogP contribution in [0.25, 0.3) is 0 Å². The lowest BCUT2D eigenvalue weighted by Gasteiger charge is -2.34. The fraction of sp³-hybridized carbons (Fsp3) is 0.250. The van der Waals surface area contributed by atoms with Crippen molar-refractivity contribution in [2.24, 2.45) is 5.73 Å². The molecule has 0 radical (unpaired) electrons. The Balaban J connectivity index is 1.43. The first-order valence-electron chi connectivity index (χ1n) is 14.4. The van der Waals surface area contributed by atoms with Crippen LogP contribution >= 0.6 is 11.6 Å². The van der Waals surface area contributed by atoms with Crippen LogP contribution in [0, 0.1) is 0 Å². The van der Waals surface area contributed by atoms with Crippen molar-refractivity contribution in [3.63, 3.8) is 0 Å². The van der Waals surface area contributed by atoms with E-state index in [0.717, 1.165) is 37.4 Å². The molecule has 1 aliphatic heterocycles. The van der Waals surface area contributed by atoms with Crippen LogP contribution in [-0.4, -0.2) is 80.0 Å². The van der Waals surface area contributed by atoms with Crippen LogP contribution in [0.15, 0.2) is 66.7 Å². The van der Waals surface area contributed by atoms with Gasteiger partial charge in [-0.25, -0.2) is 4.79 Å². The molecule has 0 atom stereocenters. The molecule has 0 spiro atoms. The Morgan fingerprint density at radius 2 is 1.61 bits per heavy atom. The Kier molecular flexibility index (Phi) is 9.94. The number of hydrogen-bond donors (Lipinski definition) is 3. The molecular weight excluding hydrogens is 614 g/mol. The maximum atomic E-state index is 13.7. The molecule has 0 unspecified atom stereocenters. The van der Waals surface area contributed by atoms with Crippen LogP contribution in [0.2, 0.25) is 5.02 Å². The van der Waals surface area contributed by atoms with Crippen molar-refractivity contribution >= 4 is 46.7 Å². The molecule has 1 saturated heterocycles. The minimum atomic E-state index is -1.01. The maximum Gasteiger partial charge on any atom is 0.410 e. The molecule has 46 heavy (non-hydrogen) atoms. The van der Waals surface area contributed by atoms with Gasteiger partial charge < -0.3 is 40.4 Å². The molecule has 14 heteroatoms. The number of amides is 3. The Bertz CT molecular complexity index is 1740. The summed E-state index contributed by atoms with van der Waals surface area (Å²) < 4.78 is 17.2. The van der Waals surface area contributed by atoms with E-state index in [0.29, 0.717) is 11.5 Å². The third-order valence-corrected chi connectivity index (χ3v) is 7.75. The van der Waals surface area contributed by atoms with Crippen LogP contribution in [0.1, 0.15) is 26.4 Å². The van der Waals surface area contributed by atoms with Gasteiger partial charge in [0.2, 0.25) is 0 Å². The predicted octanol–water partition coefficient (Wildman–Crippen LogP) is 4.32. The molecule has 5 rings (SSSR count). The normalized spacial score (nSPS) is 13.2. The van der Waals surface area contributed by atoms with Crippen molar-refractivity contribution in [3.05, 3.63) is 88.6 Å². The van der Waals surface area contributed by atoms with Crippen molar-refractivity contribution in [2.75, 3.05) is 63.0 Å². The molecule has 3 amide bonds. The first-order valence-corrected chi connectivity index (χ1v) is 14.7. The van der Waals surface area contributed by atoms with Gasteiger partial charge in [-0.3, -0.25) is 14.3 Å². The summed E-state index contributed by atoms with van der Waals surface area (Å²) in [4.78, 5) is 43.0. The summed E-state index contributed by atoms with van der Waals surface area (Å²) in [7, 11) is 5.11. The third kappa shape index (κ3) is 7.68. The van der Waals surface area contributed by atoms with Crippen LogP contribution in [0.5, 0.6) is 17.2 Å². The van der Waals surface area contributed by atoms with E-state index in [1.807, 2.05) is 18.2 Å². The monoisotopic (exact) mass is 647 g/mol. The first-order chi connectivity index (χ1) is 22.1. The van der Waals surface area contributed by atoms with Crippen molar-refractivity contribution < 1.29 is 28.6 Å². The maximum absolute atomic E-state index is 13.7. The zero-order valence-corrected chi connectivity index (χ0v) is 26.3. The summed E-state index contributed by atoms with van der Waals surface area (Å²) in [5, 5.41) is 10.3. The van der Waals surface area contributed by atoms with E-state index in [2.05, 4.69) is 32.6 Å². The number of likely N-dealkylation sites (N-methyl/N-ethyl adjacent to an activating group) is 1. The Morgan fingerprint density at radius 1 is 0.870 bits per heavy atom. The summed E-state index contributed by atoms with van der Waals surface area (Å²) in [5.74, 6) is 0.295.